The number of nitrogens with zero attached hydrogens (tertiary/aromatic N) is 1. The van der Waals surface area contributed by atoms with E-state index < -0.39 is 5.60 Å². The van der Waals surface area contributed by atoms with Crippen LogP contribution in [0.25, 0.3) is 0 Å². The maximum Gasteiger partial charge on any atom is 0.410 e. The van der Waals surface area contributed by atoms with Crippen LogP contribution in [0.2, 0.25) is 0 Å². The Hall–Kier alpha value is -1.49. The topological polar surface area (TPSA) is 53.6 Å². The number of ether oxygens (including phenoxy) is 1. The van der Waals surface area contributed by atoms with Crippen LogP contribution in [-0.4, -0.2) is 36.2 Å². The third-order valence-electron chi connectivity index (χ3n) is 4.02. The number of fused-ring (bicyclic) bond motifs is 2. The van der Waals surface area contributed by atoms with Gasteiger partial charge in [-0.2, -0.15) is 0 Å². The molecule has 0 aromatic carbocycles. The summed E-state index contributed by atoms with van der Waals surface area (Å²) in [6.07, 6.45) is 5.29. The van der Waals surface area contributed by atoms with Gasteiger partial charge in [0.1, 0.15) is 5.60 Å². The SMILES string of the molecule is CC(C)(C)OC(=O)N1CC=C2C=C3NNCC3CC2C1. The first kappa shape index (κ1) is 13.5. The lowest BCUT2D eigenvalue weighted by molar-refractivity contribution is 0.0235. The second-order valence-corrected chi connectivity index (χ2v) is 6.82. The van der Waals surface area contributed by atoms with E-state index in [-0.39, 0.29) is 6.09 Å². The molecule has 0 aromatic heterocycles. The molecule has 0 aromatic rings. The Morgan fingerprint density at radius 1 is 1.40 bits per heavy atom. The van der Waals surface area contributed by atoms with E-state index in [1.54, 1.807) is 0 Å². The third-order valence-corrected chi connectivity index (χ3v) is 4.02. The van der Waals surface area contributed by atoms with Gasteiger partial charge in [-0.1, -0.05) is 6.08 Å². The van der Waals surface area contributed by atoms with Gasteiger partial charge in [0.25, 0.3) is 0 Å². The molecule has 0 saturated carbocycles. The zero-order valence-electron chi connectivity index (χ0n) is 12.4. The largest absolute Gasteiger partial charge is 0.444 e. The van der Waals surface area contributed by atoms with Gasteiger partial charge in [-0.3, -0.25) is 0 Å². The molecular formula is C15H23N3O2. The van der Waals surface area contributed by atoms with Crippen molar-refractivity contribution in [2.75, 3.05) is 19.6 Å². The summed E-state index contributed by atoms with van der Waals surface area (Å²) in [5.74, 6) is 0.988. The average Bonchev–Trinajstić information content (AvgIpc) is 2.80. The number of hydrogen-bond acceptors (Lipinski definition) is 4. The van der Waals surface area contributed by atoms with Crippen LogP contribution in [0.15, 0.2) is 23.4 Å². The van der Waals surface area contributed by atoms with E-state index in [0.29, 0.717) is 18.4 Å². The van der Waals surface area contributed by atoms with Gasteiger partial charge in [-0.25, -0.2) is 10.2 Å². The zero-order valence-corrected chi connectivity index (χ0v) is 12.4. The smallest absolute Gasteiger partial charge is 0.410 e. The van der Waals surface area contributed by atoms with Crippen molar-refractivity contribution in [2.24, 2.45) is 11.8 Å². The Morgan fingerprint density at radius 2 is 2.20 bits per heavy atom. The molecular weight excluding hydrogens is 254 g/mol. The summed E-state index contributed by atoms with van der Waals surface area (Å²) in [6, 6.07) is 0. The molecule has 1 saturated heterocycles. The van der Waals surface area contributed by atoms with E-state index in [9.17, 15) is 4.79 Å². The lowest BCUT2D eigenvalue weighted by Crippen LogP contribution is -2.43. The summed E-state index contributed by atoms with van der Waals surface area (Å²) < 4.78 is 5.46. The van der Waals surface area contributed by atoms with Gasteiger partial charge in [0, 0.05) is 37.2 Å². The maximum absolute atomic E-state index is 12.2. The number of allylic oxidation sites excluding steroid dienone is 1. The summed E-state index contributed by atoms with van der Waals surface area (Å²) in [5, 5.41) is 0. The second-order valence-electron chi connectivity index (χ2n) is 6.82. The first-order chi connectivity index (χ1) is 9.42. The highest BCUT2D eigenvalue weighted by molar-refractivity contribution is 5.69. The van der Waals surface area contributed by atoms with Crippen LogP contribution in [-0.2, 0) is 4.74 Å². The highest BCUT2D eigenvalue weighted by Gasteiger charge is 2.35. The molecule has 0 spiro atoms. The van der Waals surface area contributed by atoms with Gasteiger partial charge in [-0.15, -0.1) is 0 Å². The summed E-state index contributed by atoms with van der Waals surface area (Å²) in [4.78, 5) is 14.0. The van der Waals surface area contributed by atoms with Gasteiger partial charge in [0.2, 0.25) is 0 Å². The maximum atomic E-state index is 12.2. The normalized spacial score (nSPS) is 28.9. The number of hydrogen-bond donors (Lipinski definition) is 2. The number of carbonyl (C=O) groups excluding carboxylic acids is 1. The monoisotopic (exact) mass is 277 g/mol. The fraction of sp³-hybridized carbons (Fsp3) is 0.667. The molecule has 1 fully saturated rings. The van der Waals surface area contributed by atoms with E-state index in [0.717, 1.165) is 19.5 Å². The van der Waals surface area contributed by atoms with Crippen molar-refractivity contribution in [3.05, 3.63) is 23.4 Å². The van der Waals surface area contributed by atoms with Crippen molar-refractivity contribution in [3.63, 3.8) is 0 Å². The van der Waals surface area contributed by atoms with Gasteiger partial charge in [0.05, 0.1) is 0 Å². The van der Waals surface area contributed by atoms with E-state index in [1.165, 1.54) is 11.3 Å². The minimum Gasteiger partial charge on any atom is -0.444 e. The van der Waals surface area contributed by atoms with E-state index in [1.807, 2.05) is 25.7 Å². The van der Waals surface area contributed by atoms with Crippen molar-refractivity contribution in [1.29, 1.82) is 0 Å². The van der Waals surface area contributed by atoms with Crippen molar-refractivity contribution < 1.29 is 9.53 Å². The molecule has 3 rings (SSSR count). The molecule has 2 atom stereocenters. The van der Waals surface area contributed by atoms with Crippen molar-refractivity contribution in [2.45, 2.75) is 32.8 Å². The molecule has 2 heterocycles. The lowest BCUT2D eigenvalue weighted by Gasteiger charge is -2.36. The molecule has 5 nitrogen and oxygen atoms in total. The van der Waals surface area contributed by atoms with Crippen molar-refractivity contribution in [1.82, 2.24) is 15.8 Å². The highest BCUT2D eigenvalue weighted by atomic mass is 16.6. The predicted octanol–water partition coefficient (Wildman–Crippen LogP) is 1.79. The van der Waals surface area contributed by atoms with Gasteiger partial charge in [0.15, 0.2) is 0 Å². The summed E-state index contributed by atoms with van der Waals surface area (Å²) in [5.41, 5.74) is 8.62. The fourth-order valence-electron chi connectivity index (χ4n) is 3.07. The number of carbonyl (C=O) groups is 1. The number of amides is 1. The van der Waals surface area contributed by atoms with Crippen molar-refractivity contribution in [3.8, 4) is 0 Å². The number of rotatable bonds is 0. The molecule has 1 aliphatic carbocycles. The van der Waals surface area contributed by atoms with Gasteiger partial charge in [-0.05, 0) is 38.8 Å². The van der Waals surface area contributed by atoms with Crippen LogP contribution in [0.1, 0.15) is 27.2 Å². The van der Waals surface area contributed by atoms with E-state index in [2.05, 4.69) is 23.0 Å². The van der Waals surface area contributed by atoms with Gasteiger partial charge >= 0.3 is 6.09 Å². The van der Waals surface area contributed by atoms with Crippen LogP contribution < -0.4 is 10.9 Å². The Morgan fingerprint density at radius 3 is 2.95 bits per heavy atom. The Labute approximate surface area is 120 Å². The van der Waals surface area contributed by atoms with Crippen molar-refractivity contribution >= 4 is 6.09 Å². The molecule has 3 aliphatic rings. The van der Waals surface area contributed by atoms with Crippen LogP contribution in [0.3, 0.4) is 0 Å². The summed E-state index contributed by atoms with van der Waals surface area (Å²) >= 11 is 0. The summed E-state index contributed by atoms with van der Waals surface area (Å²) in [7, 11) is 0. The molecule has 2 aliphatic heterocycles. The fourth-order valence-corrected chi connectivity index (χ4v) is 3.07. The quantitative estimate of drug-likeness (QED) is 0.709. The van der Waals surface area contributed by atoms with Crippen LogP contribution >= 0.6 is 0 Å². The molecule has 0 radical (unpaired) electrons. The first-order valence-corrected chi connectivity index (χ1v) is 7.31. The van der Waals surface area contributed by atoms with Crippen LogP contribution in [0, 0.1) is 11.8 Å². The second kappa shape index (κ2) is 4.81. The minimum absolute atomic E-state index is 0.203. The standard InChI is InChI=1S/C15H23N3O2/c1-15(2,3)20-14(19)18-5-4-10-7-13-11(8-16-17-13)6-12(10)9-18/h4,7,11-12,16-17H,5-6,8-9H2,1-3H3. The average molecular weight is 277 g/mol. The molecule has 1 amide bonds. The first-order valence-electron chi connectivity index (χ1n) is 7.31. The number of hydrazine groups is 1. The van der Waals surface area contributed by atoms with E-state index >= 15 is 0 Å². The van der Waals surface area contributed by atoms with Gasteiger partial charge < -0.3 is 15.1 Å². The Balaban J connectivity index is 1.69. The van der Waals surface area contributed by atoms with Crippen LogP contribution in [0.5, 0.6) is 0 Å². The minimum atomic E-state index is -0.431. The molecule has 5 heteroatoms. The molecule has 2 N–H and O–H groups in total. The molecule has 110 valence electrons. The predicted molar refractivity (Wildman–Crippen MR) is 76.7 cm³/mol. The molecule has 0 bridgehead atoms. The lowest BCUT2D eigenvalue weighted by atomic mass is 9.80. The number of nitrogens with one attached hydrogen (secondary N) is 2. The summed E-state index contributed by atoms with van der Waals surface area (Å²) in [6.45, 7) is 8.09. The van der Waals surface area contributed by atoms with Crippen LogP contribution in [0.4, 0.5) is 4.79 Å². The Bertz CT molecular complexity index is 476. The third kappa shape index (κ3) is 2.68. The molecule has 20 heavy (non-hydrogen) atoms. The zero-order chi connectivity index (χ0) is 14.3. The van der Waals surface area contributed by atoms with E-state index in [4.69, 9.17) is 4.74 Å². The molecule has 2 unspecified atom stereocenters. The Kier molecular flexibility index (Phi) is 3.24. The highest BCUT2D eigenvalue weighted by Crippen LogP contribution is 2.35.